The first-order valence-corrected chi connectivity index (χ1v) is 8.99. The number of H-pyrrole nitrogens is 1. The number of rotatable bonds is 3. The van der Waals surface area contributed by atoms with Gasteiger partial charge in [-0.25, -0.2) is 0 Å². The van der Waals surface area contributed by atoms with Gasteiger partial charge in [-0.1, -0.05) is 20.8 Å². The number of hydrogen-bond donors (Lipinski definition) is 1. The quantitative estimate of drug-likeness (QED) is 0.915. The van der Waals surface area contributed by atoms with Crippen LogP contribution >= 0.6 is 0 Å². The molecule has 6 heteroatoms. The maximum atomic E-state index is 12.4. The molecule has 1 saturated heterocycles. The lowest BCUT2D eigenvalue weighted by atomic mass is 9.94. The molecule has 1 amide bonds. The molecule has 3 rings (SSSR count). The topological polar surface area (TPSA) is 65.6 Å². The highest BCUT2D eigenvalue weighted by Gasteiger charge is 2.29. The van der Waals surface area contributed by atoms with Crippen LogP contribution in [-0.2, 0) is 11.3 Å². The number of ether oxygens (including phenoxy) is 1. The molecule has 0 atom stereocenters. The van der Waals surface area contributed by atoms with E-state index in [1.807, 2.05) is 49.9 Å². The molecule has 1 aliphatic heterocycles. The summed E-state index contributed by atoms with van der Waals surface area (Å²) in [7, 11) is 1.63. The molecule has 2 aromatic rings. The number of aromatic amines is 1. The van der Waals surface area contributed by atoms with E-state index in [2.05, 4.69) is 9.88 Å². The van der Waals surface area contributed by atoms with E-state index in [1.54, 1.807) is 7.11 Å². The Hall–Kier alpha value is -2.34. The average Bonchev–Trinajstić information content (AvgIpc) is 2.61. The van der Waals surface area contributed by atoms with Crippen molar-refractivity contribution < 1.29 is 9.53 Å². The molecule has 1 aromatic carbocycles. The molecule has 2 heterocycles. The van der Waals surface area contributed by atoms with Gasteiger partial charge in [0.1, 0.15) is 5.75 Å². The zero-order valence-electron chi connectivity index (χ0n) is 16.0. The van der Waals surface area contributed by atoms with Crippen molar-refractivity contribution in [3.05, 3.63) is 40.2 Å². The van der Waals surface area contributed by atoms with Crippen LogP contribution in [0, 0.1) is 5.41 Å². The SMILES string of the molecule is COc1ccc2[nH]c(=O)c(CN3CCN(C(=O)C(C)(C)C)CC3)cc2c1. The number of amides is 1. The van der Waals surface area contributed by atoms with E-state index in [1.165, 1.54) is 0 Å². The normalized spacial score (nSPS) is 16.1. The fourth-order valence-corrected chi connectivity index (χ4v) is 3.30. The zero-order valence-corrected chi connectivity index (χ0v) is 16.0. The van der Waals surface area contributed by atoms with E-state index in [0.717, 1.165) is 35.3 Å². The molecule has 0 radical (unpaired) electrons. The van der Waals surface area contributed by atoms with Crippen LogP contribution in [0.15, 0.2) is 29.1 Å². The molecule has 1 fully saturated rings. The second-order valence-corrected chi connectivity index (χ2v) is 7.90. The number of nitrogens with one attached hydrogen (secondary N) is 1. The van der Waals surface area contributed by atoms with Gasteiger partial charge >= 0.3 is 0 Å². The van der Waals surface area contributed by atoms with E-state index in [4.69, 9.17) is 4.74 Å². The third kappa shape index (κ3) is 3.90. The zero-order chi connectivity index (χ0) is 18.9. The van der Waals surface area contributed by atoms with Gasteiger partial charge in [0.2, 0.25) is 5.91 Å². The minimum absolute atomic E-state index is 0.0594. The second-order valence-electron chi connectivity index (χ2n) is 7.90. The van der Waals surface area contributed by atoms with Crippen LogP contribution in [0.2, 0.25) is 0 Å². The lowest BCUT2D eigenvalue weighted by Crippen LogP contribution is -2.51. The van der Waals surface area contributed by atoms with Crippen molar-refractivity contribution >= 4 is 16.8 Å². The maximum Gasteiger partial charge on any atom is 0.252 e. The Kier molecular flexibility index (Phi) is 5.05. The predicted molar refractivity (Wildman–Crippen MR) is 102 cm³/mol. The van der Waals surface area contributed by atoms with Crippen LogP contribution in [0.1, 0.15) is 26.3 Å². The van der Waals surface area contributed by atoms with Gasteiger partial charge in [-0.15, -0.1) is 0 Å². The van der Waals surface area contributed by atoms with E-state index < -0.39 is 0 Å². The molecule has 0 unspecified atom stereocenters. The van der Waals surface area contributed by atoms with Crippen LogP contribution in [0.4, 0.5) is 0 Å². The van der Waals surface area contributed by atoms with Crippen molar-refractivity contribution in [1.82, 2.24) is 14.8 Å². The van der Waals surface area contributed by atoms with Gasteiger partial charge < -0.3 is 14.6 Å². The summed E-state index contributed by atoms with van der Waals surface area (Å²) in [6.45, 7) is 9.39. The van der Waals surface area contributed by atoms with Gasteiger partial charge in [0, 0.05) is 54.6 Å². The summed E-state index contributed by atoms with van der Waals surface area (Å²) < 4.78 is 5.26. The Balaban J connectivity index is 1.71. The molecule has 0 aliphatic carbocycles. The number of benzene rings is 1. The first-order valence-electron chi connectivity index (χ1n) is 8.99. The predicted octanol–water partition coefficient (Wildman–Crippen LogP) is 2.23. The standard InChI is InChI=1S/C20H27N3O3/c1-20(2,3)19(25)23-9-7-22(8-10-23)13-15-11-14-12-16(26-4)5-6-17(14)21-18(15)24/h5-6,11-12H,7-10,13H2,1-4H3,(H,21,24). The number of carbonyl (C=O) groups excluding carboxylic acids is 1. The summed E-state index contributed by atoms with van der Waals surface area (Å²) in [4.78, 5) is 31.9. The molecule has 1 aliphatic rings. The first-order chi connectivity index (χ1) is 12.3. The number of hydrogen-bond acceptors (Lipinski definition) is 4. The number of methoxy groups -OCH3 is 1. The van der Waals surface area contributed by atoms with Crippen LogP contribution in [-0.4, -0.2) is 54.0 Å². The van der Waals surface area contributed by atoms with Crippen molar-refractivity contribution in [2.24, 2.45) is 5.41 Å². The van der Waals surface area contributed by atoms with Gasteiger partial charge in [0.25, 0.3) is 5.56 Å². The van der Waals surface area contributed by atoms with Crippen molar-refractivity contribution in [1.29, 1.82) is 0 Å². The van der Waals surface area contributed by atoms with E-state index >= 15 is 0 Å². The number of aromatic nitrogens is 1. The Morgan fingerprint density at radius 3 is 2.46 bits per heavy atom. The third-order valence-electron chi connectivity index (χ3n) is 4.82. The van der Waals surface area contributed by atoms with Crippen molar-refractivity contribution in [3.63, 3.8) is 0 Å². The van der Waals surface area contributed by atoms with Crippen LogP contribution in [0.5, 0.6) is 5.75 Å². The largest absolute Gasteiger partial charge is 0.497 e. The molecule has 140 valence electrons. The first kappa shape index (κ1) is 18.5. The Bertz CT molecular complexity index is 859. The fraction of sp³-hybridized carbons (Fsp3) is 0.500. The van der Waals surface area contributed by atoms with E-state index in [9.17, 15) is 9.59 Å². The lowest BCUT2D eigenvalue weighted by Gasteiger charge is -2.37. The molecular formula is C20H27N3O3. The summed E-state index contributed by atoms with van der Waals surface area (Å²) in [5.74, 6) is 0.956. The highest BCUT2D eigenvalue weighted by molar-refractivity contribution is 5.81. The summed E-state index contributed by atoms with van der Waals surface area (Å²) in [6.07, 6.45) is 0. The number of pyridine rings is 1. The lowest BCUT2D eigenvalue weighted by molar-refractivity contribution is -0.141. The number of fused-ring (bicyclic) bond motifs is 1. The maximum absolute atomic E-state index is 12.4. The molecule has 1 aromatic heterocycles. The smallest absolute Gasteiger partial charge is 0.252 e. The Morgan fingerprint density at radius 1 is 1.15 bits per heavy atom. The average molecular weight is 357 g/mol. The minimum Gasteiger partial charge on any atom is -0.497 e. The van der Waals surface area contributed by atoms with Gasteiger partial charge in [-0.05, 0) is 24.3 Å². The second kappa shape index (κ2) is 7.11. The molecule has 0 saturated carbocycles. The Morgan fingerprint density at radius 2 is 1.85 bits per heavy atom. The summed E-state index contributed by atoms with van der Waals surface area (Å²) in [5.41, 5.74) is 1.13. The Labute approximate surface area is 153 Å². The monoisotopic (exact) mass is 357 g/mol. The molecule has 6 nitrogen and oxygen atoms in total. The highest BCUT2D eigenvalue weighted by atomic mass is 16.5. The van der Waals surface area contributed by atoms with Crippen molar-refractivity contribution in [3.8, 4) is 5.75 Å². The molecule has 26 heavy (non-hydrogen) atoms. The minimum atomic E-state index is -0.350. The highest BCUT2D eigenvalue weighted by Crippen LogP contribution is 2.21. The molecular weight excluding hydrogens is 330 g/mol. The summed E-state index contributed by atoms with van der Waals surface area (Å²) in [5, 5.41) is 0.959. The van der Waals surface area contributed by atoms with E-state index in [0.29, 0.717) is 19.6 Å². The molecule has 1 N–H and O–H groups in total. The van der Waals surface area contributed by atoms with E-state index in [-0.39, 0.29) is 16.9 Å². The van der Waals surface area contributed by atoms with Gasteiger partial charge in [0.05, 0.1) is 7.11 Å². The third-order valence-corrected chi connectivity index (χ3v) is 4.82. The summed E-state index contributed by atoms with van der Waals surface area (Å²) in [6, 6.07) is 7.55. The fourth-order valence-electron chi connectivity index (χ4n) is 3.30. The van der Waals surface area contributed by atoms with Crippen LogP contribution in [0.3, 0.4) is 0 Å². The van der Waals surface area contributed by atoms with Gasteiger partial charge in [0.15, 0.2) is 0 Å². The van der Waals surface area contributed by atoms with Gasteiger partial charge in [-0.2, -0.15) is 0 Å². The van der Waals surface area contributed by atoms with Crippen LogP contribution in [0.25, 0.3) is 10.9 Å². The van der Waals surface area contributed by atoms with Crippen LogP contribution < -0.4 is 10.3 Å². The van der Waals surface area contributed by atoms with Crippen molar-refractivity contribution in [2.45, 2.75) is 27.3 Å². The van der Waals surface area contributed by atoms with Gasteiger partial charge in [-0.3, -0.25) is 14.5 Å². The number of carbonyl (C=O) groups is 1. The molecule has 0 spiro atoms. The number of piperazine rings is 1. The molecule has 0 bridgehead atoms. The number of nitrogens with zero attached hydrogens (tertiary/aromatic N) is 2. The van der Waals surface area contributed by atoms with Crippen molar-refractivity contribution in [2.75, 3.05) is 33.3 Å². The summed E-state index contributed by atoms with van der Waals surface area (Å²) >= 11 is 0.